The summed E-state index contributed by atoms with van der Waals surface area (Å²) < 4.78 is 5.92. The zero-order valence-electron chi connectivity index (χ0n) is 11.2. The van der Waals surface area contributed by atoms with E-state index in [0.29, 0.717) is 6.42 Å². The van der Waals surface area contributed by atoms with E-state index in [1.165, 1.54) is 12.1 Å². The fraction of sp³-hybridized carbons (Fsp3) is 0.571. The number of nitrogens with zero attached hydrogens (tertiary/aromatic N) is 1. The minimum atomic E-state index is -0.504. The SMILES string of the molecule is O=[N+]([O-])c1cc(Cl)c(Cl)cc1OC1CC(Cl)C12CCCC2. The summed E-state index contributed by atoms with van der Waals surface area (Å²) in [6.07, 6.45) is 4.92. The van der Waals surface area contributed by atoms with Crippen molar-refractivity contribution >= 4 is 40.5 Å². The Kier molecular flexibility index (Phi) is 3.97. The van der Waals surface area contributed by atoms with Gasteiger partial charge in [-0.2, -0.15) is 0 Å². The van der Waals surface area contributed by atoms with E-state index in [0.717, 1.165) is 25.7 Å². The van der Waals surface area contributed by atoms with Crippen molar-refractivity contribution in [3.05, 3.63) is 32.3 Å². The smallest absolute Gasteiger partial charge is 0.312 e. The molecule has 7 heteroatoms. The molecule has 0 aliphatic heterocycles. The summed E-state index contributed by atoms with van der Waals surface area (Å²) in [5.41, 5.74) is -0.197. The first-order valence-electron chi connectivity index (χ1n) is 6.88. The van der Waals surface area contributed by atoms with Crippen LogP contribution in [0.3, 0.4) is 0 Å². The number of benzene rings is 1. The molecule has 21 heavy (non-hydrogen) atoms. The van der Waals surface area contributed by atoms with Gasteiger partial charge in [0, 0.05) is 29.3 Å². The van der Waals surface area contributed by atoms with E-state index in [1.807, 2.05) is 0 Å². The van der Waals surface area contributed by atoms with E-state index in [4.69, 9.17) is 39.5 Å². The van der Waals surface area contributed by atoms with Gasteiger partial charge in [-0.05, 0) is 12.8 Å². The van der Waals surface area contributed by atoms with Gasteiger partial charge in [-0.15, -0.1) is 11.6 Å². The van der Waals surface area contributed by atoms with Gasteiger partial charge in [-0.3, -0.25) is 10.1 Å². The minimum Gasteiger partial charge on any atom is -0.483 e. The van der Waals surface area contributed by atoms with Crippen molar-refractivity contribution in [1.29, 1.82) is 0 Å². The summed E-state index contributed by atoms with van der Waals surface area (Å²) in [7, 11) is 0. The van der Waals surface area contributed by atoms with Crippen LogP contribution >= 0.6 is 34.8 Å². The van der Waals surface area contributed by atoms with Crippen molar-refractivity contribution in [1.82, 2.24) is 0 Å². The molecule has 0 heterocycles. The summed E-state index contributed by atoms with van der Waals surface area (Å²) in [4.78, 5) is 10.6. The van der Waals surface area contributed by atoms with Gasteiger partial charge in [0.25, 0.3) is 0 Å². The maximum atomic E-state index is 11.1. The minimum absolute atomic E-state index is 0.0401. The molecule has 0 N–H and O–H groups in total. The summed E-state index contributed by atoms with van der Waals surface area (Å²) in [5, 5.41) is 11.6. The van der Waals surface area contributed by atoms with Crippen LogP contribution in [0.5, 0.6) is 5.75 Å². The topological polar surface area (TPSA) is 52.4 Å². The third kappa shape index (κ3) is 2.47. The van der Waals surface area contributed by atoms with Gasteiger partial charge >= 0.3 is 5.69 Å². The standard InChI is InChI=1S/C14H14Cl3NO3/c15-8-5-10(18(19)20)11(6-9(8)16)21-13-7-12(17)14(13)3-1-2-4-14/h5-6,12-13H,1-4,7H2. The summed E-state index contributed by atoms with van der Waals surface area (Å²) >= 11 is 18.2. The lowest BCUT2D eigenvalue weighted by molar-refractivity contribution is -0.386. The Morgan fingerprint density at radius 2 is 1.86 bits per heavy atom. The van der Waals surface area contributed by atoms with Crippen molar-refractivity contribution in [2.45, 2.75) is 43.6 Å². The highest BCUT2D eigenvalue weighted by Crippen LogP contribution is 2.57. The van der Waals surface area contributed by atoms with Crippen molar-refractivity contribution in [3.8, 4) is 5.75 Å². The van der Waals surface area contributed by atoms with Gasteiger partial charge in [-0.25, -0.2) is 0 Å². The van der Waals surface area contributed by atoms with Crippen LogP contribution in [0.15, 0.2) is 12.1 Å². The second kappa shape index (κ2) is 5.49. The molecular weight excluding hydrogens is 337 g/mol. The summed E-state index contributed by atoms with van der Waals surface area (Å²) in [5.74, 6) is 0.175. The fourth-order valence-electron chi connectivity index (χ4n) is 3.44. The largest absolute Gasteiger partial charge is 0.483 e. The molecule has 2 aliphatic carbocycles. The Morgan fingerprint density at radius 3 is 2.43 bits per heavy atom. The van der Waals surface area contributed by atoms with Crippen molar-refractivity contribution in [2.75, 3.05) is 0 Å². The third-order valence-corrected chi connectivity index (χ3v) is 6.02. The average Bonchev–Trinajstić information content (AvgIpc) is 2.94. The molecule has 2 saturated carbocycles. The van der Waals surface area contributed by atoms with Crippen LogP contribution in [0.1, 0.15) is 32.1 Å². The van der Waals surface area contributed by atoms with Crippen LogP contribution in [-0.2, 0) is 0 Å². The van der Waals surface area contributed by atoms with E-state index in [-0.39, 0.29) is 38.4 Å². The molecule has 2 atom stereocenters. The second-order valence-electron chi connectivity index (χ2n) is 5.74. The number of hydrogen-bond donors (Lipinski definition) is 0. The molecule has 2 unspecified atom stereocenters. The Hall–Kier alpha value is -0.710. The van der Waals surface area contributed by atoms with Crippen molar-refractivity contribution in [3.63, 3.8) is 0 Å². The predicted octanol–water partition coefficient (Wildman–Crippen LogP) is 5.22. The molecule has 2 aliphatic rings. The maximum absolute atomic E-state index is 11.1. The molecule has 4 nitrogen and oxygen atoms in total. The van der Waals surface area contributed by atoms with Gasteiger partial charge < -0.3 is 4.74 Å². The molecule has 0 saturated heterocycles. The lowest BCUT2D eigenvalue weighted by Gasteiger charge is -2.50. The molecule has 3 rings (SSSR count). The number of halogens is 3. The monoisotopic (exact) mass is 349 g/mol. The molecule has 1 aromatic rings. The van der Waals surface area contributed by atoms with E-state index < -0.39 is 4.92 Å². The first-order chi connectivity index (χ1) is 9.94. The van der Waals surface area contributed by atoms with Crippen LogP contribution in [-0.4, -0.2) is 16.4 Å². The molecule has 0 radical (unpaired) electrons. The van der Waals surface area contributed by atoms with E-state index in [2.05, 4.69) is 0 Å². The van der Waals surface area contributed by atoms with E-state index in [9.17, 15) is 10.1 Å². The van der Waals surface area contributed by atoms with Crippen LogP contribution < -0.4 is 4.74 Å². The number of nitro groups is 1. The lowest BCUT2D eigenvalue weighted by Crippen LogP contribution is -2.55. The second-order valence-corrected chi connectivity index (χ2v) is 7.08. The third-order valence-electron chi connectivity index (χ3n) is 4.69. The Morgan fingerprint density at radius 1 is 1.24 bits per heavy atom. The number of hydrogen-bond acceptors (Lipinski definition) is 3. The molecule has 1 spiro atoms. The van der Waals surface area contributed by atoms with Gasteiger partial charge in [0.2, 0.25) is 0 Å². The number of nitro benzene ring substituents is 1. The number of ether oxygens (including phenoxy) is 1. The summed E-state index contributed by atoms with van der Waals surface area (Å²) in [6.45, 7) is 0. The van der Waals surface area contributed by atoms with E-state index >= 15 is 0 Å². The highest BCUT2D eigenvalue weighted by Gasteiger charge is 2.57. The van der Waals surface area contributed by atoms with Crippen molar-refractivity contribution in [2.24, 2.45) is 5.41 Å². The normalized spacial score (nSPS) is 26.6. The number of alkyl halides is 1. The van der Waals surface area contributed by atoms with Gasteiger partial charge in [0.1, 0.15) is 6.10 Å². The zero-order valence-corrected chi connectivity index (χ0v) is 13.4. The molecule has 0 aromatic heterocycles. The molecular formula is C14H14Cl3NO3. The first-order valence-corrected chi connectivity index (χ1v) is 8.07. The molecule has 1 aromatic carbocycles. The van der Waals surface area contributed by atoms with E-state index in [1.54, 1.807) is 0 Å². The first kappa shape index (κ1) is 15.2. The van der Waals surface area contributed by atoms with Crippen LogP contribution in [0.2, 0.25) is 10.0 Å². The zero-order chi connectivity index (χ0) is 15.2. The maximum Gasteiger partial charge on any atom is 0.312 e. The highest BCUT2D eigenvalue weighted by atomic mass is 35.5. The van der Waals surface area contributed by atoms with Gasteiger partial charge in [0.05, 0.1) is 15.0 Å². The van der Waals surface area contributed by atoms with Crippen molar-refractivity contribution < 1.29 is 9.66 Å². The fourth-order valence-corrected chi connectivity index (χ4v) is 4.27. The Bertz CT molecular complexity index is 587. The van der Waals surface area contributed by atoms with Gasteiger partial charge in [-0.1, -0.05) is 36.0 Å². The van der Waals surface area contributed by atoms with Gasteiger partial charge in [0.15, 0.2) is 5.75 Å². The Balaban J connectivity index is 1.88. The predicted molar refractivity (Wildman–Crippen MR) is 82.7 cm³/mol. The van der Waals surface area contributed by atoms with Crippen LogP contribution in [0.4, 0.5) is 5.69 Å². The highest BCUT2D eigenvalue weighted by molar-refractivity contribution is 6.42. The summed E-state index contributed by atoms with van der Waals surface area (Å²) in [6, 6.07) is 2.66. The van der Waals surface area contributed by atoms with Crippen LogP contribution in [0, 0.1) is 15.5 Å². The quantitative estimate of drug-likeness (QED) is 0.426. The molecule has 0 amide bonds. The molecule has 0 bridgehead atoms. The number of rotatable bonds is 3. The lowest BCUT2D eigenvalue weighted by atomic mass is 9.64. The average molecular weight is 351 g/mol. The molecule has 114 valence electrons. The molecule has 2 fully saturated rings. The Labute approximate surface area is 137 Å². The van der Waals surface area contributed by atoms with Crippen LogP contribution in [0.25, 0.3) is 0 Å².